The molecule has 24 heavy (non-hydrogen) atoms. The maximum absolute atomic E-state index is 12.7. The molecule has 1 amide bonds. The van der Waals surface area contributed by atoms with Crippen LogP contribution in [0.15, 0.2) is 24.3 Å². The summed E-state index contributed by atoms with van der Waals surface area (Å²) in [6.45, 7) is 4.89. The first-order valence-corrected chi connectivity index (χ1v) is 8.51. The van der Waals surface area contributed by atoms with Crippen molar-refractivity contribution < 1.29 is 9.90 Å². The summed E-state index contributed by atoms with van der Waals surface area (Å²) >= 11 is 6.21. The fourth-order valence-corrected chi connectivity index (χ4v) is 3.33. The number of likely N-dealkylation sites (tertiary alicyclic amines) is 1. The van der Waals surface area contributed by atoms with Crippen LogP contribution in [0.3, 0.4) is 0 Å². The zero-order chi connectivity index (χ0) is 17.3. The topological polar surface area (TPSA) is 71.2 Å². The van der Waals surface area contributed by atoms with Gasteiger partial charge in [0.05, 0.1) is 22.5 Å². The molecule has 2 heterocycles. The van der Waals surface area contributed by atoms with Crippen LogP contribution in [-0.2, 0) is 0 Å². The van der Waals surface area contributed by atoms with Crippen molar-refractivity contribution in [2.24, 2.45) is 5.92 Å². The molecule has 0 aliphatic carbocycles. The highest BCUT2D eigenvalue weighted by atomic mass is 35.5. The molecule has 0 saturated carbocycles. The van der Waals surface area contributed by atoms with E-state index < -0.39 is 0 Å². The number of piperidine rings is 1. The Hall–Kier alpha value is -1.92. The third kappa shape index (κ3) is 3.16. The van der Waals surface area contributed by atoms with Crippen LogP contribution in [0.5, 0.6) is 0 Å². The van der Waals surface area contributed by atoms with Crippen molar-refractivity contribution in [3.8, 4) is 5.69 Å². The number of aliphatic hydroxyl groups excluding tert-OH is 1. The summed E-state index contributed by atoms with van der Waals surface area (Å²) in [5, 5.41) is 18.4. The Bertz CT molecular complexity index is 736. The van der Waals surface area contributed by atoms with E-state index in [1.807, 2.05) is 32.0 Å². The Morgan fingerprint density at radius 1 is 1.33 bits per heavy atom. The average Bonchev–Trinajstić information content (AvgIpc) is 2.96. The molecule has 1 aliphatic heterocycles. The van der Waals surface area contributed by atoms with E-state index in [2.05, 4.69) is 10.3 Å². The quantitative estimate of drug-likeness (QED) is 0.924. The minimum absolute atomic E-state index is 0.116. The standard InChI is InChI=1S/C17H21ClN4O2/c1-11-16(17(24)21-9-7-13(8-10-21)12(2)23)19-20-22(11)15-6-4-3-5-14(15)18/h3-6,12-13,23H,7-10H2,1-2H3. The van der Waals surface area contributed by atoms with Crippen molar-refractivity contribution in [1.29, 1.82) is 0 Å². The first kappa shape index (κ1) is 16.9. The van der Waals surface area contributed by atoms with E-state index in [1.54, 1.807) is 15.6 Å². The summed E-state index contributed by atoms with van der Waals surface area (Å²) in [5.74, 6) is 0.142. The van der Waals surface area contributed by atoms with Crippen LogP contribution in [0.25, 0.3) is 5.69 Å². The van der Waals surface area contributed by atoms with Crippen molar-refractivity contribution in [3.05, 3.63) is 40.7 Å². The summed E-state index contributed by atoms with van der Waals surface area (Å²) < 4.78 is 1.60. The first-order valence-electron chi connectivity index (χ1n) is 8.13. The van der Waals surface area contributed by atoms with Gasteiger partial charge in [-0.05, 0) is 44.7 Å². The highest BCUT2D eigenvalue weighted by molar-refractivity contribution is 6.32. The SMILES string of the molecule is Cc1c(C(=O)N2CCC(C(C)O)CC2)nnn1-c1ccccc1Cl. The Morgan fingerprint density at radius 3 is 2.62 bits per heavy atom. The van der Waals surface area contributed by atoms with Crippen LogP contribution in [0.4, 0.5) is 0 Å². The second-order valence-corrected chi connectivity index (χ2v) is 6.66. The van der Waals surface area contributed by atoms with Gasteiger partial charge in [0.15, 0.2) is 5.69 Å². The lowest BCUT2D eigenvalue weighted by Crippen LogP contribution is -2.41. The lowest BCUT2D eigenvalue weighted by molar-refractivity contribution is 0.0516. The van der Waals surface area contributed by atoms with Crippen LogP contribution in [0.2, 0.25) is 5.02 Å². The highest BCUT2D eigenvalue weighted by Gasteiger charge is 2.29. The van der Waals surface area contributed by atoms with E-state index >= 15 is 0 Å². The van der Waals surface area contributed by atoms with E-state index in [-0.39, 0.29) is 17.9 Å². The maximum atomic E-state index is 12.7. The predicted molar refractivity (Wildman–Crippen MR) is 91.4 cm³/mol. The van der Waals surface area contributed by atoms with Crippen molar-refractivity contribution in [2.75, 3.05) is 13.1 Å². The molecule has 6 nitrogen and oxygen atoms in total. The monoisotopic (exact) mass is 348 g/mol. The molecule has 1 N–H and O–H groups in total. The molecule has 0 radical (unpaired) electrons. The molecule has 1 atom stereocenters. The van der Waals surface area contributed by atoms with Gasteiger partial charge in [0.1, 0.15) is 0 Å². The van der Waals surface area contributed by atoms with Crippen molar-refractivity contribution in [1.82, 2.24) is 19.9 Å². The van der Waals surface area contributed by atoms with E-state index in [9.17, 15) is 9.90 Å². The zero-order valence-electron chi connectivity index (χ0n) is 13.8. The molecular weight excluding hydrogens is 328 g/mol. The molecule has 1 unspecified atom stereocenters. The molecule has 1 fully saturated rings. The van der Waals surface area contributed by atoms with Crippen LogP contribution in [0.1, 0.15) is 35.9 Å². The Labute approximate surface area is 146 Å². The summed E-state index contributed by atoms with van der Waals surface area (Å²) in [7, 11) is 0. The van der Waals surface area contributed by atoms with Gasteiger partial charge >= 0.3 is 0 Å². The van der Waals surface area contributed by atoms with Gasteiger partial charge < -0.3 is 10.0 Å². The van der Waals surface area contributed by atoms with Crippen LogP contribution >= 0.6 is 11.6 Å². The lowest BCUT2D eigenvalue weighted by Gasteiger charge is -2.32. The number of hydrogen-bond acceptors (Lipinski definition) is 4. The summed E-state index contributed by atoms with van der Waals surface area (Å²) in [6, 6.07) is 7.33. The normalized spacial score (nSPS) is 17.1. The van der Waals surface area contributed by atoms with Crippen LogP contribution in [0, 0.1) is 12.8 Å². The molecular formula is C17H21ClN4O2. The first-order chi connectivity index (χ1) is 11.5. The Kier molecular flexibility index (Phi) is 4.87. The van der Waals surface area contributed by atoms with Crippen molar-refractivity contribution in [2.45, 2.75) is 32.8 Å². The Morgan fingerprint density at radius 2 is 2.00 bits per heavy atom. The second-order valence-electron chi connectivity index (χ2n) is 6.26. The molecule has 1 aromatic heterocycles. The van der Waals surface area contributed by atoms with Gasteiger partial charge in [0, 0.05) is 13.1 Å². The molecule has 7 heteroatoms. The van der Waals surface area contributed by atoms with Crippen LogP contribution < -0.4 is 0 Å². The minimum atomic E-state index is -0.329. The third-order valence-corrected chi connectivity index (χ3v) is 5.01. The van der Waals surface area contributed by atoms with E-state index in [0.29, 0.717) is 35.2 Å². The number of rotatable bonds is 3. The molecule has 1 saturated heterocycles. The largest absolute Gasteiger partial charge is 0.393 e. The van der Waals surface area contributed by atoms with Gasteiger partial charge in [0.2, 0.25) is 0 Å². The molecule has 3 rings (SSSR count). The molecule has 1 aliphatic rings. The highest BCUT2D eigenvalue weighted by Crippen LogP contribution is 2.24. The fraction of sp³-hybridized carbons (Fsp3) is 0.471. The smallest absolute Gasteiger partial charge is 0.276 e. The Balaban J connectivity index is 1.79. The van der Waals surface area contributed by atoms with Crippen molar-refractivity contribution in [3.63, 3.8) is 0 Å². The predicted octanol–water partition coefficient (Wildman–Crippen LogP) is 2.46. The molecule has 1 aromatic carbocycles. The van der Waals surface area contributed by atoms with Crippen molar-refractivity contribution >= 4 is 17.5 Å². The number of nitrogens with zero attached hydrogens (tertiary/aromatic N) is 4. The number of halogens is 1. The summed E-state index contributed by atoms with van der Waals surface area (Å²) in [5.41, 5.74) is 1.73. The zero-order valence-corrected chi connectivity index (χ0v) is 14.6. The summed E-state index contributed by atoms with van der Waals surface area (Å²) in [4.78, 5) is 14.5. The lowest BCUT2D eigenvalue weighted by atomic mass is 9.92. The number of aliphatic hydroxyl groups is 1. The van der Waals surface area contributed by atoms with Gasteiger partial charge in [-0.3, -0.25) is 4.79 Å². The molecule has 0 bridgehead atoms. The maximum Gasteiger partial charge on any atom is 0.276 e. The van der Waals surface area contributed by atoms with Gasteiger partial charge in [-0.2, -0.15) is 0 Å². The number of hydrogen-bond donors (Lipinski definition) is 1. The fourth-order valence-electron chi connectivity index (χ4n) is 3.11. The number of benzene rings is 1. The van der Waals surface area contributed by atoms with Gasteiger partial charge in [-0.15, -0.1) is 5.10 Å². The number of aromatic nitrogens is 3. The van der Waals surface area contributed by atoms with E-state index in [0.717, 1.165) is 12.8 Å². The third-order valence-electron chi connectivity index (χ3n) is 4.69. The van der Waals surface area contributed by atoms with E-state index in [1.165, 1.54) is 0 Å². The van der Waals surface area contributed by atoms with Crippen LogP contribution in [-0.4, -0.2) is 50.1 Å². The second kappa shape index (κ2) is 6.91. The minimum Gasteiger partial charge on any atom is -0.393 e. The number of para-hydroxylation sites is 1. The number of amides is 1. The number of carbonyl (C=O) groups excluding carboxylic acids is 1. The summed E-state index contributed by atoms with van der Waals surface area (Å²) in [6.07, 6.45) is 1.28. The number of carbonyl (C=O) groups is 1. The average molecular weight is 349 g/mol. The van der Waals surface area contributed by atoms with E-state index in [4.69, 9.17) is 11.6 Å². The van der Waals surface area contributed by atoms with Gasteiger partial charge in [0.25, 0.3) is 5.91 Å². The van der Waals surface area contributed by atoms with Gasteiger partial charge in [-0.1, -0.05) is 28.9 Å². The molecule has 2 aromatic rings. The van der Waals surface area contributed by atoms with Gasteiger partial charge in [-0.25, -0.2) is 4.68 Å². The molecule has 128 valence electrons. The molecule has 0 spiro atoms.